The van der Waals surface area contributed by atoms with E-state index in [1.807, 2.05) is 6.92 Å². The Balaban J connectivity index is 1.24. The zero-order valence-electron chi connectivity index (χ0n) is 16.7. The number of hydrogen-bond acceptors (Lipinski definition) is 6. The van der Waals surface area contributed by atoms with Gasteiger partial charge >= 0.3 is 0 Å². The lowest BCUT2D eigenvalue weighted by molar-refractivity contribution is -0.384. The molecule has 8 heteroatoms. The molecule has 156 valence electrons. The topological polar surface area (TPSA) is 106 Å². The fourth-order valence-corrected chi connectivity index (χ4v) is 5.85. The van der Waals surface area contributed by atoms with Crippen LogP contribution in [0.5, 0.6) is 0 Å². The summed E-state index contributed by atoms with van der Waals surface area (Å²) in [6.07, 6.45) is 7.79. The predicted molar refractivity (Wildman–Crippen MR) is 110 cm³/mol. The third kappa shape index (κ3) is 2.38. The summed E-state index contributed by atoms with van der Waals surface area (Å²) < 4.78 is 5.77. The minimum atomic E-state index is -0.455. The molecule has 2 bridgehead atoms. The lowest BCUT2D eigenvalue weighted by Gasteiger charge is -2.18. The Kier molecular flexibility index (Phi) is 3.53. The summed E-state index contributed by atoms with van der Waals surface area (Å²) in [5, 5.41) is 16.2. The molecule has 1 aromatic carbocycles. The number of imide groups is 1. The number of allylic oxidation sites excluding steroid dienone is 2. The molecule has 1 aliphatic heterocycles. The second-order valence-corrected chi connectivity index (χ2v) is 8.91. The summed E-state index contributed by atoms with van der Waals surface area (Å²) in [4.78, 5) is 36.5. The smallest absolute Gasteiger partial charge is 0.270 e. The molecule has 3 aliphatic carbocycles. The van der Waals surface area contributed by atoms with Crippen molar-refractivity contribution < 1.29 is 18.9 Å². The minimum Gasteiger partial charge on any atom is -0.455 e. The van der Waals surface area contributed by atoms with Gasteiger partial charge in [-0.15, -0.1) is 0 Å². The van der Waals surface area contributed by atoms with Gasteiger partial charge in [-0.1, -0.05) is 18.2 Å². The van der Waals surface area contributed by atoms with Gasteiger partial charge in [-0.05, 0) is 54.7 Å². The van der Waals surface area contributed by atoms with Gasteiger partial charge in [-0.25, -0.2) is 0 Å². The summed E-state index contributed by atoms with van der Waals surface area (Å²) in [7, 11) is 0. The Morgan fingerprint density at radius 2 is 1.81 bits per heavy atom. The summed E-state index contributed by atoms with van der Waals surface area (Å²) >= 11 is 0. The molecule has 1 aromatic heterocycles. The van der Waals surface area contributed by atoms with E-state index < -0.39 is 4.92 Å². The second-order valence-electron chi connectivity index (χ2n) is 8.91. The molecule has 3 fully saturated rings. The normalized spacial score (nSPS) is 29.5. The highest BCUT2D eigenvalue weighted by Gasteiger charge is 2.73. The van der Waals surface area contributed by atoms with Crippen LogP contribution < -0.4 is 0 Å². The van der Waals surface area contributed by atoms with E-state index in [1.54, 1.807) is 18.2 Å². The van der Waals surface area contributed by atoms with E-state index in [0.29, 0.717) is 17.1 Å². The first-order chi connectivity index (χ1) is 14.9. The Labute approximate surface area is 177 Å². The first-order valence-electron chi connectivity index (χ1n) is 10.4. The number of amides is 2. The summed E-state index contributed by atoms with van der Waals surface area (Å²) in [5.41, 5.74) is 1.57. The Bertz CT molecular complexity index is 1190. The molecule has 0 unspecified atom stereocenters. The fraction of sp³-hybridized carbons (Fsp3) is 0.348. The maximum atomic E-state index is 13.0. The van der Waals surface area contributed by atoms with Crippen molar-refractivity contribution >= 4 is 23.7 Å². The standard InChI is InChI=1S/C23H19N3O5/c1-12-2-3-13(26(29)30)10-15(12)18-7-4-14(31-18)11-24-25-21(27)19-16-5-6-17(20(19)22(25)28)23(16)8-9-23/h2-7,10-11,16-17,19-20H,8-9H2,1H3/b24-11-/t16-,17-,19-,20+/m1/s1. The third-order valence-corrected chi connectivity index (χ3v) is 7.45. The Hall–Kier alpha value is -3.55. The molecular formula is C23H19N3O5. The maximum Gasteiger partial charge on any atom is 0.270 e. The number of fused-ring (bicyclic) bond motifs is 3. The van der Waals surface area contributed by atoms with Crippen LogP contribution in [0, 0.1) is 46.1 Å². The molecule has 6 rings (SSSR count). The number of non-ortho nitro benzene ring substituents is 1. The number of carbonyl (C=O) groups is 2. The van der Waals surface area contributed by atoms with Crippen LogP contribution in [0.15, 0.2) is 52.0 Å². The molecule has 1 saturated heterocycles. The van der Waals surface area contributed by atoms with E-state index in [4.69, 9.17) is 4.42 Å². The van der Waals surface area contributed by atoms with E-state index >= 15 is 0 Å². The van der Waals surface area contributed by atoms with Crippen molar-refractivity contribution in [2.45, 2.75) is 19.8 Å². The molecular weight excluding hydrogens is 398 g/mol. The first kappa shape index (κ1) is 18.2. The predicted octanol–water partition coefficient (Wildman–Crippen LogP) is 3.69. The zero-order chi connectivity index (χ0) is 21.5. The third-order valence-electron chi connectivity index (χ3n) is 7.45. The number of nitro groups is 1. The van der Waals surface area contributed by atoms with Crippen LogP contribution in [0.4, 0.5) is 5.69 Å². The van der Waals surface area contributed by atoms with Crippen molar-refractivity contribution in [2.75, 3.05) is 0 Å². The first-order valence-corrected chi connectivity index (χ1v) is 10.4. The molecule has 2 saturated carbocycles. The zero-order valence-corrected chi connectivity index (χ0v) is 16.7. The van der Waals surface area contributed by atoms with E-state index in [0.717, 1.165) is 23.4 Å². The highest BCUT2D eigenvalue weighted by atomic mass is 16.6. The number of furan rings is 1. The monoisotopic (exact) mass is 417 g/mol. The van der Waals surface area contributed by atoms with Crippen LogP contribution in [0.2, 0.25) is 0 Å². The van der Waals surface area contributed by atoms with Crippen molar-refractivity contribution in [3.8, 4) is 11.3 Å². The van der Waals surface area contributed by atoms with Gasteiger partial charge in [-0.3, -0.25) is 19.7 Å². The number of rotatable bonds is 4. The molecule has 2 amide bonds. The van der Waals surface area contributed by atoms with Crippen LogP contribution >= 0.6 is 0 Å². The van der Waals surface area contributed by atoms with E-state index in [9.17, 15) is 19.7 Å². The van der Waals surface area contributed by atoms with Crippen LogP contribution in [0.1, 0.15) is 24.2 Å². The van der Waals surface area contributed by atoms with Crippen LogP contribution in [0.3, 0.4) is 0 Å². The Morgan fingerprint density at radius 1 is 1.13 bits per heavy atom. The number of aryl methyl sites for hydroxylation is 1. The lowest BCUT2D eigenvalue weighted by Crippen LogP contribution is -2.30. The molecule has 31 heavy (non-hydrogen) atoms. The van der Waals surface area contributed by atoms with Gasteiger partial charge in [-0.2, -0.15) is 10.1 Å². The van der Waals surface area contributed by atoms with Crippen molar-refractivity contribution in [3.63, 3.8) is 0 Å². The number of nitro benzene ring substituents is 1. The SMILES string of the molecule is Cc1ccc([N+](=O)[O-])cc1-c1ccc(/C=N\N2C(=O)[C@@H]3[C@H](C2=O)[C@H]2C=C[C@H]3C23CC3)o1. The average Bonchev–Trinajstić information content (AvgIpc) is 3.03. The van der Waals surface area contributed by atoms with E-state index in [2.05, 4.69) is 17.3 Å². The van der Waals surface area contributed by atoms with Gasteiger partial charge in [0.05, 0.1) is 23.0 Å². The number of hydrazone groups is 1. The quantitative estimate of drug-likeness (QED) is 0.248. The van der Waals surface area contributed by atoms with Crippen molar-refractivity contribution in [2.24, 2.45) is 34.2 Å². The number of hydrogen-bond donors (Lipinski definition) is 0. The van der Waals surface area contributed by atoms with Crippen molar-refractivity contribution in [3.05, 3.63) is 63.9 Å². The molecule has 8 nitrogen and oxygen atoms in total. The number of nitrogens with zero attached hydrogens (tertiary/aromatic N) is 3. The fourth-order valence-electron chi connectivity index (χ4n) is 5.85. The number of carbonyl (C=O) groups excluding carboxylic acids is 2. The summed E-state index contributed by atoms with van der Waals surface area (Å²) in [6, 6.07) is 7.92. The van der Waals surface area contributed by atoms with Gasteiger partial charge in [0.15, 0.2) is 0 Å². The summed E-state index contributed by atoms with van der Waals surface area (Å²) in [5.74, 6) is 0.0993. The molecule has 0 radical (unpaired) electrons. The number of benzene rings is 1. The molecule has 0 N–H and O–H groups in total. The van der Waals surface area contributed by atoms with Gasteiger partial charge < -0.3 is 4.42 Å². The lowest BCUT2D eigenvalue weighted by atomic mass is 9.85. The largest absolute Gasteiger partial charge is 0.455 e. The maximum absolute atomic E-state index is 13.0. The van der Waals surface area contributed by atoms with Gasteiger partial charge in [0, 0.05) is 17.7 Å². The molecule has 4 aliphatic rings. The minimum absolute atomic E-state index is 0.0244. The van der Waals surface area contributed by atoms with Gasteiger partial charge in [0.25, 0.3) is 17.5 Å². The van der Waals surface area contributed by atoms with Crippen LogP contribution in [0.25, 0.3) is 11.3 Å². The second kappa shape index (κ2) is 6.00. The molecule has 1 spiro atoms. The van der Waals surface area contributed by atoms with Crippen LogP contribution in [-0.2, 0) is 9.59 Å². The molecule has 2 aromatic rings. The van der Waals surface area contributed by atoms with E-state index in [1.165, 1.54) is 18.3 Å². The summed E-state index contributed by atoms with van der Waals surface area (Å²) in [6.45, 7) is 1.84. The average molecular weight is 417 g/mol. The molecule has 4 atom stereocenters. The molecule has 2 heterocycles. The van der Waals surface area contributed by atoms with Crippen molar-refractivity contribution in [1.82, 2.24) is 5.01 Å². The van der Waals surface area contributed by atoms with E-state index in [-0.39, 0.29) is 46.6 Å². The highest BCUT2D eigenvalue weighted by Crippen LogP contribution is 2.73. The van der Waals surface area contributed by atoms with Crippen LogP contribution in [-0.4, -0.2) is 28.0 Å². The highest BCUT2D eigenvalue weighted by molar-refractivity contribution is 6.07. The Morgan fingerprint density at radius 3 is 2.42 bits per heavy atom. The van der Waals surface area contributed by atoms with Crippen molar-refractivity contribution in [1.29, 1.82) is 0 Å². The van der Waals surface area contributed by atoms with Gasteiger partial charge in [0.2, 0.25) is 0 Å². The van der Waals surface area contributed by atoms with Gasteiger partial charge in [0.1, 0.15) is 11.5 Å².